The maximum atomic E-state index is 11.7. The van der Waals surface area contributed by atoms with Crippen LogP contribution >= 0.6 is 24.0 Å². The number of benzene rings is 2. The van der Waals surface area contributed by atoms with Crippen LogP contribution < -0.4 is 16.0 Å². The summed E-state index contributed by atoms with van der Waals surface area (Å²) in [5.41, 5.74) is 4.57. The highest BCUT2D eigenvalue weighted by atomic mass is 127. The summed E-state index contributed by atoms with van der Waals surface area (Å²) in [4.78, 5) is 18.5. The van der Waals surface area contributed by atoms with Gasteiger partial charge in [-0.3, -0.25) is 14.7 Å². The molecule has 0 bridgehead atoms. The minimum absolute atomic E-state index is 0. The molecule has 0 aromatic heterocycles. The van der Waals surface area contributed by atoms with Crippen molar-refractivity contribution in [3.8, 4) is 0 Å². The van der Waals surface area contributed by atoms with Gasteiger partial charge in [0.05, 0.1) is 0 Å². The average molecular weight is 550 g/mol. The van der Waals surface area contributed by atoms with E-state index >= 15 is 0 Å². The Balaban J connectivity index is 0.00000363. The minimum atomic E-state index is 0. The summed E-state index contributed by atoms with van der Waals surface area (Å²) >= 11 is 0. The fourth-order valence-corrected chi connectivity index (χ4v) is 3.71. The number of anilines is 1. The van der Waals surface area contributed by atoms with Gasteiger partial charge in [-0.1, -0.05) is 43.3 Å². The van der Waals surface area contributed by atoms with Crippen molar-refractivity contribution in [1.82, 2.24) is 15.5 Å². The van der Waals surface area contributed by atoms with Crippen LogP contribution in [0.3, 0.4) is 0 Å². The van der Waals surface area contributed by atoms with Crippen molar-refractivity contribution in [3.63, 3.8) is 0 Å². The predicted molar refractivity (Wildman–Crippen MR) is 143 cm³/mol. The van der Waals surface area contributed by atoms with Crippen LogP contribution in [-0.4, -0.2) is 36.9 Å². The average Bonchev–Trinajstić information content (AvgIpc) is 3.29. The molecule has 0 aliphatic carbocycles. The van der Waals surface area contributed by atoms with Crippen molar-refractivity contribution in [2.24, 2.45) is 4.99 Å². The lowest BCUT2D eigenvalue weighted by Crippen LogP contribution is -2.36. The molecule has 3 rings (SSSR count). The predicted octanol–water partition coefficient (Wildman–Crippen LogP) is 4.50. The zero-order chi connectivity index (χ0) is 21.9. The summed E-state index contributed by atoms with van der Waals surface area (Å²) in [6, 6.07) is 16.7. The molecule has 2 aromatic carbocycles. The molecule has 1 aliphatic rings. The highest BCUT2D eigenvalue weighted by molar-refractivity contribution is 14.0. The lowest BCUT2D eigenvalue weighted by molar-refractivity contribution is -0.116. The Morgan fingerprint density at radius 1 is 0.906 bits per heavy atom. The number of aliphatic imine (C=N–C) groups is 1. The van der Waals surface area contributed by atoms with Crippen molar-refractivity contribution in [1.29, 1.82) is 0 Å². The molecular formula is C25H36IN5O. The maximum Gasteiger partial charge on any atom is 0.224 e. The van der Waals surface area contributed by atoms with E-state index in [1.165, 1.54) is 37.1 Å². The molecule has 0 radical (unpaired) electrons. The highest BCUT2D eigenvalue weighted by Gasteiger charge is 2.11. The second kappa shape index (κ2) is 14.1. The second-order valence-corrected chi connectivity index (χ2v) is 8.07. The lowest BCUT2D eigenvalue weighted by Gasteiger charge is -2.15. The van der Waals surface area contributed by atoms with E-state index in [9.17, 15) is 4.79 Å². The summed E-state index contributed by atoms with van der Waals surface area (Å²) in [7, 11) is 1.78. The fourth-order valence-electron chi connectivity index (χ4n) is 3.71. The molecular weight excluding hydrogens is 513 g/mol. The molecule has 7 heteroatoms. The van der Waals surface area contributed by atoms with E-state index in [0.29, 0.717) is 13.0 Å². The van der Waals surface area contributed by atoms with E-state index in [1.54, 1.807) is 7.05 Å². The Bertz CT molecular complexity index is 846. The third-order valence-electron chi connectivity index (χ3n) is 5.49. The second-order valence-electron chi connectivity index (χ2n) is 8.07. The Morgan fingerprint density at radius 2 is 1.44 bits per heavy atom. The van der Waals surface area contributed by atoms with E-state index in [1.807, 2.05) is 31.2 Å². The van der Waals surface area contributed by atoms with E-state index in [0.717, 1.165) is 36.7 Å². The van der Waals surface area contributed by atoms with Gasteiger partial charge < -0.3 is 16.0 Å². The molecule has 1 fully saturated rings. The molecule has 1 amide bonds. The maximum absolute atomic E-state index is 11.7. The van der Waals surface area contributed by atoms with Crippen LogP contribution in [-0.2, 0) is 24.4 Å². The van der Waals surface area contributed by atoms with E-state index < -0.39 is 0 Å². The quantitative estimate of drug-likeness (QED) is 0.245. The first-order chi connectivity index (χ1) is 15.2. The first-order valence-electron chi connectivity index (χ1n) is 11.3. The molecule has 1 aliphatic heterocycles. The van der Waals surface area contributed by atoms with Crippen molar-refractivity contribution >= 4 is 41.5 Å². The number of likely N-dealkylation sites (tertiary alicyclic amines) is 1. The van der Waals surface area contributed by atoms with Crippen LogP contribution in [0.1, 0.15) is 49.3 Å². The summed E-state index contributed by atoms with van der Waals surface area (Å²) in [6.07, 6.45) is 4.05. The van der Waals surface area contributed by atoms with Gasteiger partial charge in [0.25, 0.3) is 0 Å². The minimum Gasteiger partial charge on any atom is -0.352 e. The van der Waals surface area contributed by atoms with Crippen molar-refractivity contribution in [3.05, 3.63) is 65.2 Å². The first kappa shape index (κ1) is 26.1. The largest absolute Gasteiger partial charge is 0.352 e. The summed E-state index contributed by atoms with van der Waals surface area (Å²) in [5.74, 6) is 0.823. The molecule has 3 N–H and O–H groups in total. The van der Waals surface area contributed by atoms with E-state index in [-0.39, 0.29) is 29.9 Å². The lowest BCUT2D eigenvalue weighted by atomic mass is 10.1. The zero-order valence-electron chi connectivity index (χ0n) is 19.2. The molecule has 32 heavy (non-hydrogen) atoms. The van der Waals surface area contributed by atoms with Gasteiger partial charge in [-0.25, -0.2) is 0 Å². The topological polar surface area (TPSA) is 68.8 Å². The van der Waals surface area contributed by atoms with Gasteiger partial charge in [0.2, 0.25) is 5.91 Å². The normalized spacial score (nSPS) is 14.0. The molecule has 174 valence electrons. The van der Waals surface area contributed by atoms with Crippen LogP contribution in [0, 0.1) is 0 Å². The monoisotopic (exact) mass is 549 g/mol. The zero-order valence-corrected chi connectivity index (χ0v) is 21.5. The fraction of sp³-hybridized carbons (Fsp3) is 0.440. The Morgan fingerprint density at radius 3 is 1.97 bits per heavy atom. The molecule has 6 nitrogen and oxygen atoms in total. The Kier molecular flexibility index (Phi) is 11.5. The van der Waals surface area contributed by atoms with Crippen molar-refractivity contribution in [2.75, 3.05) is 25.5 Å². The highest BCUT2D eigenvalue weighted by Crippen LogP contribution is 2.13. The first-order valence-corrected chi connectivity index (χ1v) is 11.3. The van der Waals surface area contributed by atoms with Gasteiger partial charge in [-0.05, 0) is 61.2 Å². The molecule has 0 unspecified atom stereocenters. The Labute approximate surface area is 209 Å². The standard InChI is InChI=1S/C25H35N5O.HI/c1-3-6-24(31)29-23-13-11-21(12-14-23)18-28-25(26-2)27-17-20-7-9-22(10-8-20)19-30-15-4-5-16-30;/h7-14H,3-6,15-19H2,1-2H3,(H,29,31)(H2,26,27,28);1H. The SMILES string of the molecule is CCCC(=O)Nc1ccc(CNC(=NC)NCc2ccc(CN3CCCC3)cc2)cc1.I. The van der Waals surface area contributed by atoms with Gasteiger partial charge >= 0.3 is 0 Å². The van der Waals surface area contributed by atoms with E-state index in [4.69, 9.17) is 0 Å². The van der Waals surface area contributed by atoms with Gasteiger partial charge in [0.15, 0.2) is 5.96 Å². The number of amides is 1. The van der Waals surface area contributed by atoms with E-state index in [2.05, 4.69) is 50.1 Å². The number of carbonyl (C=O) groups is 1. The molecule has 1 heterocycles. The number of carbonyl (C=O) groups excluding carboxylic acids is 1. The number of guanidine groups is 1. The van der Waals surface area contributed by atoms with Gasteiger partial charge in [-0.2, -0.15) is 0 Å². The number of hydrogen-bond donors (Lipinski definition) is 3. The third kappa shape index (κ3) is 8.78. The molecule has 2 aromatic rings. The van der Waals surface area contributed by atoms with Crippen molar-refractivity contribution < 1.29 is 4.79 Å². The molecule has 0 atom stereocenters. The number of nitrogens with one attached hydrogen (secondary N) is 3. The molecule has 0 spiro atoms. The van der Waals surface area contributed by atoms with Crippen LogP contribution in [0.4, 0.5) is 5.69 Å². The number of halogens is 1. The number of rotatable bonds is 9. The molecule has 0 saturated carbocycles. The summed E-state index contributed by atoms with van der Waals surface area (Å²) in [6.45, 7) is 6.89. The Hall–Kier alpha value is -2.13. The van der Waals surface area contributed by atoms with Crippen LogP contribution in [0.5, 0.6) is 0 Å². The van der Waals surface area contributed by atoms with Gasteiger partial charge in [0.1, 0.15) is 0 Å². The summed E-state index contributed by atoms with van der Waals surface area (Å²) in [5, 5.41) is 9.62. The van der Waals surface area contributed by atoms with Crippen LogP contribution in [0.15, 0.2) is 53.5 Å². The number of hydrogen-bond acceptors (Lipinski definition) is 3. The summed E-state index contributed by atoms with van der Waals surface area (Å²) < 4.78 is 0. The van der Waals surface area contributed by atoms with Gasteiger partial charge in [0, 0.05) is 38.8 Å². The van der Waals surface area contributed by atoms with Crippen LogP contribution in [0.25, 0.3) is 0 Å². The van der Waals surface area contributed by atoms with Gasteiger partial charge in [-0.15, -0.1) is 24.0 Å². The third-order valence-corrected chi connectivity index (χ3v) is 5.49. The van der Waals surface area contributed by atoms with Crippen LogP contribution in [0.2, 0.25) is 0 Å². The smallest absolute Gasteiger partial charge is 0.224 e. The van der Waals surface area contributed by atoms with Crippen molar-refractivity contribution in [2.45, 2.75) is 52.2 Å². The number of nitrogens with zero attached hydrogens (tertiary/aromatic N) is 2. The molecule has 1 saturated heterocycles.